The lowest BCUT2D eigenvalue weighted by atomic mass is 10.2. The summed E-state index contributed by atoms with van der Waals surface area (Å²) in [7, 11) is 0. The highest BCUT2D eigenvalue weighted by Gasteiger charge is 2.03. The molecule has 0 aromatic carbocycles. The Bertz CT molecular complexity index is 511. The van der Waals surface area contributed by atoms with Crippen molar-refractivity contribution in [1.82, 2.24) is 15.1 Å². The number of aromatic nitrogens is 3. The van der Waals surface area contributed by atoms with Crippen molar-refractivity contribution < 1.29 is 4.52 Å². The van der Waals surface area contributed by atoms with Gasteiger partial charge in [0.15, 0.2) is 5.82 Å². The summed E-state index contributed by atoms with van der Waals surface area (Å²) in [4.78, 5) is 8.54. The summed E-state index contributed by atoms with van der Waals surface area (Å²) in [6.45, 7) is 4.92. The van der Waals surface area contributed by atoms with Crippen LogP contribution in [0.1, 0.15) is 31.9 Å². The first-order valence-electron chi connectivity index (χ1n) is 6.55. The second-order valence-electron chi connectivity index (χ2n) is 4.35. The molecule has 2 aromatic heterocycles. The van der Waals surface area contributed by atoms with Crippen molar-refractivity contribution in [2.24, 2.45) is 0 Å². The van der Waals surface area contributed by atoms with E-state index in [1.54, 1.807) is 12.3 Å². The summed E-state index contributed by atoms with van der Waals surface area (Å²) in [6.07, 6.45) is 5.25. The van der Waals surface area contributed by atoms with Crippen LogP contribution in [0, 0.1) is 6.92 Å². The van der Waals surface area contributed by atoms with E-state index in [0.29, 0.717) is 17.6 Å². The van der Waals surface area contributed by atoms with Gasteiger partial charge in [0.05, 0.1) is 0 Å². The highest BCUT2D eigenvalue weighted by Crippen LogP contribution is 2.14. The predicted octanol–water partition coefficient (Wildman–Crippen LogP) is 3.12. The van der Waals surface area contributed by atoms with Crippen molar-refractivity contribution in [2.45, 2.75) is 33.1 Å². The highest BCUT2D eigenvalue weighted by atomic mass is 16.5. The van der Waals surface area contributed by atoms with Gasteiger partial charge in [0.1, 0.15) is 11.6 Å². The van der Waals surface area contributed by atoms with Crippen LogP contribution in [-0.2, 0) is 0 Å². The summed E-state index contributed by atoms with van der Waals surface area (Å²) < 4.78 is 4.99. The maximum atomic E-state index is 4.99. The van der Waals surface area contributed by atoms with E-state index in [1.807, 2.05) is 13.0 Å². The number of rotatable bonds is 7. The Hall–Kier alpha value is -2.11. The van der Waals surface area contributed by atoms with Gasteiger partial charge in [0.25, 0.3) is 0 Å². The molecule has 2 N–H and O–H groups in total. The first-order valence-corrected chi connectivity index (χ1v) is 6.55. The number of unbranched alkanes of at least 4 members (excludes halogenated alkanes) is 2. The van der Waals surface area contributed by atoms with E-state index in [-0.39, 0.29) is 0 Å². The van der Waals surface area contributed by atoms with E-state index in [2.05, 4.69) is 32.7 Å². The summed E-state index contributed by atoms with van der Waals surface area (Å²) in [5, 5.41) is 10.1. The van der Waals surface area contributed by atoms with Crippen LogP contribution >= 0.6 is 0 Å². The van der Waals surface area contributed by atoms with Crippen molar-refractivity contribution in [1.29, 1.82) is 0 Å². The number of anilines is 3. The first-order chi connectivity index (χ1) is 9.28. The molecule has 0 saturated heterocycles. The molecule has 6 nitrogen and oxygen atoms in total. The van der Waals surface area contributed by atoms with Gasteiger partial charge in [0.2, 0.25) is 5.95 Å². The summed E-state index contributed by atoms with van der Waals surface area (Å²) >= 11 is 0. The highest BCUT2D eigenvalue weighted by molar-refractivity contribution is 5.52. The maximum absolute atomic E-state index is 4.99. The van der Waals surface area contributed by atoms with Crippen LogP contribution in [0.25, 0.3) is 0 Å². The number of nitrogens with zero attached hydrogens (tertiary/aromatic N) is 3. The topological polar surface area (TPSA) is 75.9 Å². The summed E-state index contributed by atoms with van der Waals surface area (Å²) in [5.41, 5.74) is 0. The third-order valence-electron chi connectivity index (χ3n) is 2.60. The lowest BCUT2D eigenvalue weighted by Crippen LogP contribution is -2.06. The molecule has 0 saturated carbocycles. The Balaban J connectivity index is 1.91. The second-order valence-corrected chi connectivity index (χ2v) is 4.35. The standard InChI is InChI=1S/C13H19N5O/c1-3-4-5-7-14-13-15-8-6-11(17-13)16-12-9-10(2)19-18-12/h6,8-9H,3-5,7H2,1-2H3,(H2,14,15,16,17,18). The fourth-order valence-electron chi connectivity index (χ4n) is 1.65. The zero-order chi connectivity index (χ0) is 13.5. The molecule has 0 aliphatic heterocycles. The first kappa shape index (κ1) is 13.3. The van der Waals surface area contributed by atoms with E-state index >= 15 is 0 Å². The molecule has 0 aliphatic rings. The average Bonchev–Trinajstić information content (AvgIpc) is 2.81. The van der Waals surface area contributed by atoms with Gasteiger partial charge in [-0.3, -0.25) is 0 Å². The maximum Gasteiger partial charge on any atom is 0.224 e. The molecule has 2 rings (SSSR count). The van der Waals surface area contributed by atoms with Crippen LogP contribution in [0.5, 0.6) is 0 Å². The molecule has 0 unspecified atom stereocenters. The van der Waals surface area contributed by atoms with Crippen LogP contribution < -0.4 is 10.6 Å². The van der Waals surface area contributed by atoms with Gasteiger partial charge in [-0.15, -0.1) is 0 Å². The van der Waals surface area contributed by atoms with Crippen molar-refractivity contribution in [3.63, 3.8) is 0 Å². The van der Waals surface area contributed by atoms with Crippen LogP contribution in [0.3, 0.4) is 0 Å². The van der Waals surface area contributed by atoms with Gasteiger partial charge in [-0.05, 0) is 19.4 Å². The number of nitrogens with one attached hydrogen (secondary N) is 2. The van der Waals surface area contributed by atoms with Crippen molar-refractivity contribution in [2.75, 3.05) is 17.2 Å². The molecule has 0 radical (unpaired) electrons. The third-order valence-corrected chi connectivity index (χ3v) is 2.60. The molecular formula is C13H19N5O. The van der Waals surface area contributed by atoms with E-state index in [9.17, 15) is 0 Å². The molecule has 0 amide bonds. The van der Waals surface area contributed by atoms with Gasteiger partial charge in [-0.1, -0.05) is 24.9 Å². The van der Waals surface area contributed by atoms with Gasteiger partial charge >= 0.3 is 0 Å². The van der Waals surface area contributed by atoms with E-state index in [0.717, 1.165) is 18.7 Å². The lowest BCUT2D eigenvalue weighted by molar-refractivity contribution is 0.400. The fraction of sp³-hybridized carbons (Fsp3) is 0.462. The van der Waals surface area contributed by atoms with Crippen molar-refractivity contribution in [3.05, 3.63) is 24.1 Å². The van der Waals surface area contributed by atoms with Crippen LogP contribution in [0.2, 0.25) is 0 Å². The van der Waals surface area contributed by atoms with Crippen LogP contribution in [0.4, 0.5) is 17.6 Å². The minimum atomic E-state index is 0.626. The zero-order valence-corrected chi connectivity index (χ0v) is 11.3. The number of hydrogen-bond acceptors (Lipinski definition) is 6. The Kier molecular flexibility index (Phi) is 4.72. The van der Waals surface area contributed by atoms with E-state index in [1.165, 1.54) is 12.8 Å². The molecule has 2 aromatic rings. The Morgan fingerprint density at radius 1 is 1.26 bits per heavy atom. The van der Waals surface area contributed by atoms with Gasteiger partial charge in [0, 0.05) is 18.8 Å². The van der Waals surface area contributed by atoms with Gasteiger partial charge < -0.3 is 15.2 Å². The average molecular weight is 261 g/mol. The minimum absolute atomic E-state index is 0.626. The van der Waals surface area contributed by atoms with E-state index in [4.69, 9.17) is 4.52 Å². The van der Waals surface area contributed by atoms with Crippen LogP contribution in [0.15, 0.2) is 22.9 Å². The number of hydrogen-bond donors (Lipinski definition) is 2. The predicted molar refractivity (Wildman–Crippen MR) is 74.6 cm³/mol. The van der Waals surface area contributed by atoms with Gasteiger partial charge in [-0.25, -0.2) is 4.98 Å². The fourth-order valence-corrected chi connectivity index (χ4v) is 1.65. The molecule has 2 heterocycles. The summed E-state index contributed by atoms with van der Waals surface area (Å²) in [6, 6.07) is 3.61. The smallest absolute Gasteiger partial charge is 0.224 e. The SMILES string of the molecule is CCCCCNc1nccc(Nc2cc(C)on2)n1. The quantitative estimate of drug-likeness (QED) is 0.746. The molecule has 0 bridgehead atoms. The second kappa shape index (κ2) is 6.72. The minimum Gasteiger partial charge on any atom is -0.360 e. The Labute approximate surface area is 112 Å². The zero-order valence-electron chi connectivity index (χ0n) is 11.3. The Morgan fingerprint density at radius 2 is 2.16 bits per heavy atom. The van der Waals surface area contributed by atoms with Crippen molar-refractivity contribution >= 4 is 17.6 Å². The molecule has 6 heteroatoms. The van der Waals surface area contributed by atoms with E-state index < -0.39 is 0 Å². The molecule has 0 fully saturated rings. The Morgan fingerprint density at radius 3 is 2.89 bits per heavy atom. The molecule has 102 valence electrons. The molecular weight excluding hydrogens is 242 g/mol. The number of aryl methyl sites for hydroxylation is 1. The molecule has 0 atom stereocenters. The molecule has 0 aliphatic carbocycles. The van der Waals surface area contributed by atoms with Crippen molar-refractivity contribution in [3.8, 4) is 0 Å². The van der Waals surface area contributed by atoms with Gasteiger partial charge in [-0.2, -0.15) is 4.98 Å². The lowest BCUT2D eigenvalue weighted by Gasteiger charge is -2.06. The summed E-state index contributed by atoms with van der Waals surface area (Å²) in [5.74, 6) is 2.73. The normalized spacial score (nSPS) is 10.4. The van der Waals surface area contributed by atoms with Crippen LogP contribution in [-0.4, -0.2) is 21.7 Å². The monoisotopic (exact) mass is 261 g/mol. The molecule has 19 heavy (non-hydrogen) atoms. The largest absolute Gasteiger partial charge is 0.360 e. The third kappa shape index (κ3) is 4.24. The molecule has 0 spiro atoms.